The molecule has 0 aliphatic heterocycles. The Kier molecular flexibility index (Phi) is 42.0. The molecule has 1 aromatic carbocycles. The van der Waals surface area contributed by atoms with Gasteiger partial charge in [0.2, 0.25) is 82.7 Å². The molecule has 28 N–H and O–H groups in total. The molecular formula is C66H108N18O24. The summed E-state index contributed by atoms with van der Waals surface area (Å²) in [6, 6.07) is -16.8. The zero-order chi connectivity index (χ0) is 82.6. The second-order valence-electron chi connectivity index (χ2n) is 27.0. The monoisotopic (exact) mass is 1540 g/mol. The first-order chi connectivity index (χ1) is 50.4. The summed E-state index contributed by atoms with van der Waals surface area (Å²) in [6.45, 7) is 11.1. The van der Waals surface area contributed by atoms with E-state index in [1.54, 1.807) is 13.8 Å². The number of aliphatic carboxylic acids is 3. The number of guanidine groups is 1. The first-order valence-corrected chi connectivity index (χ1v) is 34.7. The number of nitrogens with one attached hydrogen (secondary N) is 13. The van der Waals surface area contributed by atoms with E-state index in [0.29, 0.717) is 5.56 Å². The molecule has 1 rings (SSSR count). The fourth-order valence-electron chi connectivity index (χ4n) is 9.95. The fourth-order valence-corrected chi connectivity index (χ4v) is 9.95. The van der Waals surface area contributed by atoms with E-state index in [2.05, 4.69) is 74.1 Å². The Morgan fingerprint density at radius 3 is 1.10 bits per heavy atom. The number of carbonyl (C=O) groups excluding carboxylic acids is 14. The second kappa shape index (κ2) is 47.6. The van der Waals surface area contributed by atoms with Crippen molar-refractivity contribution in [1.82, 2.24) is 69.1 Å². The van der Waals surface area contributed by atoms with Crippen LogP contribution in [0.15, 0.2) is 29.3 Å². The predicted molar refractivity (Wildman–Crippen MR) is 381 cm³/mol. The maximum atomic E-state index is 14.1. The number of nitrogens with zero attached hydrogens (tertiary/aromatic N) is 1. The number of phenols is 1. The van der Waals surface area contributed by atoms with Gasteiger partial charge in [-0.2, -0.15) is 0 Å². The lowest BCUT2D eigenvalue weighted by atomic mass is 10.0. The molecule has 606 valence electrons. The smallest absolute Gasteiger partial charge is 0.326 e. The van der Waals surface area contributed by atoms with Crippen molar-refractivity contribution in [2.45, 2.75) is 218 Å². The Morgan fingerprint density at radius 1 is 0.380 bits per heavy atom. The molecule has 0 aliphatic rings. The average Bonchev–Trinajstić information content (AvgIpc) is 0.861. The number of primary amides is 1. The van der Waals surface area contributed by atoms with Crippen LogP contribution in [0.3, 0.4) is 0 Å². The molecule has 108 heavy (non-hydrogen) atoms. The summed E-state index contributed by atoms with van der Waals surface area (Å²) in [4.78, 5) is 228. The van der Waals surface area contributed by atoms with Gasteiger partial charge in [0.1, 0.15) is 84.3 Å². The Labute approximate surface area is 622 Å². The summed E-state index contributed by atoms with van der Waals surface area (Å²) in [7, 11) is 0. The van der Waals surface area contributed by atoms with Gasteiger partial charge in [-0.3, -0.25) is 81.7 Å². The molecule has 0 saturated carbocycles. The van der Waals surface area contributed by atoms with E-state index < -0.39 is 255 Å². The highest BCUT2D eigenvalue weighted by molar-refractivity contribution is 6.00. The van der Waals surface area contributed by atoms with Gasteiger partial charge < -0.3 is 128 Å². The summed E-state index contributed by atoms with van der Waals surface area (Å²) in [5.74, 6) is -21.9. The van der Waals surface area contributed by atoms with Gasteiger partial charge in [0.25, 0.3) is 0 Å². The van der Waals surface area contributed by atoms with Crippen LogP contribution < -0.4 is 92.1 Å². The van der Waals surface area contributed by atoms with Crippen LogP contribution in [-0.2, 0) is 87.9 Å². The van der Waals surface area contributed by atoms with Crippen LogP contribution in [0.25, 0.3) is 0 Å². The van der Waals surface area contributed by atoms with Crippen LogP contribution in [0, 0.1) is 23.7 Å². The first-order valence-electron chi connectivity index (χ1n) is 34.7. The number of benzene rings is 1. The second-order valence-corrected chi connectivity index (χ2v) is 27.0. The summed E-state index contributed by atoms with van der Waals surface area (Å²) in [5, 5.41) is 99.5. The van der Waals surface area contributed by atoms with Crippen molar-refractivity contribution >= 4 is 107 Å². The normalized spacial score (nSPS) is 15.1. The number of hydrogen-bond donors (Lipinski definition) is 24. The quantitative estimate of drug-likeness (QED) is 0.0164. The average molecular weight is 1540 g/mol. The van der Waals surface area contributed by atoms with Crippen molar-refractivity contribution in [2.24, 2.45) is 51.6 Å². The summed E-state index contributed by atoms with van der Waals surface area (Å²) >= 11 is 0. The Hall–Kier alpha value is -10.9. The Balaban J connectivity index is 3.26. The number of hydrogen-bond acceptors (Lipinski definition) is 23. The lowest BCUT2D eigenvalue weighted by molar-refractivity contribution is -0.142. The van der Waals surface area contributed by atoms with Crippen LogP contribution in [0.2, 0.25) is 0 Å². The summed E-state index contributed by atoms with van der Waals surface area (Å²) < 4.78 is 0. The minimum Gasteiger partial charge on any atom is -0.508 e. The van der Waals surface area contributed by atoms with Gasteiger partial charge in [-0.1, -0.05) is 67.5 Å². The maximum Gasteiger partial charge on any atom is 0.326 e. The van der Waals surface area contributed by atoms with Gasteiger partial charge in [-0.05, 0) is 93.7 Å². The van der Waals surface area contributed by atoms with E-state index in [1.165, 1.54) is 65.8 Å². The highest BCUT2D eigenvalue weighted by atomic mass is 16.4. The van der Waals surface area contributed by atoms with Crippen LogP contribution >= 0.6 is 0 Å². The molecule has 14 amide bonds. The third-order valence-corrected chi connectivity index (χ3v) is 16.2. The maximum absolute atomic E-state index is 14.1. The van der Waals surface area contributed by atoms with Crippen molar-refractivity contribution in [3.8, 4) is 5.75 Å². The highest BCUT2D eigenvalue weighted by Gasteiger charge is 2.38. The van der Waals surface area contributed by atoms with Gasteiger partial charge in [-0.15, -0.1) is 0 Å². The van der Waals surface area contributed by atoms with Crippen molar-refractivity contribution in [3.63, 3.8) is 0 Å². The number of amides is 14. The van der Waals surface area contributed by atoms with Crippen molar-refractivity contribution in [1.29, 1.82) is 0 Å². The molecule has 0 aromatic heterocycles. The van der Waals surface area contributed by atoms with Gasteiger partial charge >= 0.3 is 17.9 Å². The number of aliphatic imine (C=N–C) groups is 1. The van der Waals surface area contributed by atoms with Crippen molar-refractivity contribution < 1.29 is 117 Å². The zero-order valence-electron chi connectivity index (χ0n) is 61.9. The molecule has 0 spiro atoms. The molecule has 1 aromatic rings. The van der Waals surface area contributed by atoms with E-state index in [-0.39, 0.29) is 56.3 Å². The molecule has 42 heteroatoms. The largest absolute Gasteiger partial charge is 0.508 e. The lowest BCUT2D eigenvalue weighted by Crippen LogP contribution is -2.62. The standard InChI is InChI=1S/C66H108N18O24/c1-29(2)24-41(58(100)78-42(65(107)108)25-35-13-15-36(88)16-14-35)77-59(101)43(26-85)81-56(98)38(12-11-23-71-66(69)70)75-63(105)51(32(7)8)84-61(103)45(28-87)80-53(95)34(10)73-62(104)49(30(3)4)83-60(102)44(27-86)79-52(94)33(9)72-55(97)40(19-22-48(92)93)76-64(106)50(31(5)6)82-57(99)39(18-20-46(68)89)74-54(96)37(67)17-21-47(90)91/h13-16,29-34,37-45,49-51,85-88H,11-12,17-28,67H2,1-10H3,(H2,68,89)(H,72,97)(H,73,104)(H,74,96)(H,75,105)(H,76,106)(H,77,101)(H,78,100)(H,79,94)(H,80,95)(H,81,98)(H,82,99)(H,83,102)(H,84,103)(H,90,91)(H,92,93)(H,107,108)(H4,69,70,71)/t33-,34-,37-,38-,39-,40-,41-,42-,43-,44-,45-,49-,50-,51-/m0/s1. The van der Waals surface area contributed by atoms with Crippen LogP contribution in [0.5, 0.6) is 5.75 Å². The van der Waals surface area contributed by atoms with E-state index in [4.69, 9.17) is 28.0 Å². The molecule has 14 atom stereocenters. The Morgan fingerprint density at radius 2 is 0.704 bits per heavy atom. The molecule has 42 nitrogen and oxygen atoms in total. The van der Waals surface area contributed by atoms with Gasteiger partial charge in [0.05, 0.1) is 25.9 Å². The summed E-state index contributed by atoms with van der Waals surface area (Å²) in [5.41, 5.74) is 22.4. The Bertz CT molecular complexity index is 3320. The molecule has 0 heterocycles. The molecule has 0 unspecified atom stereocenters. The number of carbonyl (C=O) groups is 17. The van der Waals surface area contributed by atoms with Gasteiger partial charge in [0, 0.05) is 32.2 Å². The SMILES string of the molecule is CC(C)C[C@H](NC(=O)[C@H](CO)NC(=O)[C@H](CCCN=C(N)N)NC(=O)[C@@H](NC(=O)[C@H](CO)NC(=O)[C@H](C)NC(=O)[C@@H](NC(=O)[C@H](CO)NC(=O)[C@H](C)NC(=O)[C@H](CCC(=O)O)NC(=O)[C@@H](NC(=O)[C@H](CCC(N)=O)NC(=O)[C@@H](N)CCC(=O)O)C(C)C)C(C)C)C(C)C)C(=O)N[C@@H](Cc1ccc(O)cc1)C(=O)O. The van der Waals surface area contributed by atoms with Gasteiger partial charge in [0.15, 0.2) is 5.96 Å². The molecule has 0 saturated heterocycles. The number of aromatic hydroxyl groups is 1. The molecule has 0 bridgehead atoms. The van der Waals surface area contributed by atoms with E-state index in [9.17, 15) is 112 Å². The van der Waals surface area contributed by atoms with Crippen LogP contribution in [0.4, 0.5) is 0 Å². The fraction of sp³-hybridized carbons (Fsp3) is 0.636. The zero-order valence-corrected chi connectivity index (χ0v) is 61.9. The molecule has 0 fully saturated rings. The third-order valence-electron chi connectivity index (χ3n) is 16.2. The van der Waals surface area contributed by atoms with Crippen LogP contribution in [0.1, 0.15) is 133 Å². The third kappa shape index (κ3) is 35.0. The van der Waals surface area contributed by atoms with E-state index in [0.717, 1.165) is 13.8 Å². The lowest BCUT2D eigenvalue weighted by Gasteiger charge is -2.29. The van der Waals surface area contributed by atoms with E-state index in [1.807, 2.05) is 0 Å². The van der Waals surface area contributed by atoms with E-state index >= 15 is 0 Å². The number of carboxylic acids is 3. The number of aliphatic hydroxyl groups excluding tert-OH is 3. The summed E-state index contributed by atoms with van der Waals surface area (Å²) in [6.07, 6.45) is -3.47. The molecular weight excluding hydrogens is 1430 g/mol. The number of phenolic OH excluding ortho intramolecular Hbond substituents is 1. The minimum absolute atomic E-state index is 0.0133. The van der Waals surface area contributed by atoms with Gasteiger partial charge in [-0.25, -0.2) is 4.79 Å². The first kappa shape index (κ1) is 95.1. The van der Waals surface area contributed by atoms with Crippen molar-refractivity contribution in [3.05, 3.63) is 29.8 Å². The minimum atomic E-state index is -1.84. The molecule has 0 aliphatic carbocycles. The number of rotatable bonds is 50. The van der Waals surface area contributed by atoms with Crippen molar-refractivity contribution in [2.75, 3.05) is 26.4 Å². The number of aliphatic hydroxyl groups is 3. The topological polar surface area (TPSA) is 705 Å². The van der Waals surface area contributed by atoms with Crippen LogP contribution in [-0.4, -0.2) is 253 Å². The number of carboxylic acid groups (broad SMARTS) is 3. The predicted octanol–water partition coefficient (Wildman–Crippen LogP) is -8.27. The molecule has 0 radical (unpaired) electrons. The highest BCUT2D eigenvalue weighted by Crippen LogP contribution is 2.15. The number of nitrogens with two attached hydrogens (primary N) is 4.